The monoisotopic (exact) mass is 615 g/mol. The van der Waals surface area contributed by atoms with E-state index in [1.54, 1.807) is 0 Å². The van der Waals surface area contributed by atoms with Crippen molar-refractivity contribution in [1.82, 2.24) is 14.5 Å². The lowest BCUT2D eigenvalue weighted by molar-refractivity contribution is -0.275. The Morgan fingerprint density at radius 2 is 1.79 bits per heavy atom. The lowest BCUT2D eigenvalue weighted by Gasteiger charge is -2.16. The van der Waals surface area contributed by atoms with Crippen LogP contribution in [0.15, 0.2) is 58.3 Å². The van der Waals surface area contributed by atoms with Crippen molar-refractivity contribution < 1.29 is 45.3 Å². The molecule has 8 nitrogen and oxygen atoms in total. The fourth-order valence-electron chi connectivity index (χ4n) is 4.20. The Hall–Kier alpha value is -4.44. The summed E-state index contributed by atoms with van der Waals surface area (Å²) in [4.78, 5) is 30.6. The number of H-pyrrole nitrogens is 1. The number of ether oxygens (including phenoxy) is 2. The Labute approximate surface area is 233 Å². The van der Waals surface area contributed by atoms with Crippen LogP contribution in [0.2, 0.25) is 0 Å². The maximum Gasteiger partial charge on any atom is 0.573 e. The Morgan fingerprint density at radius 3 is 2.48 bits per heavy atom. The molecule has 0 saturated heterocycles. The van der Waals surface area contributed by atoms with Crippen LogP contribution in [0.5, 0.6) is 17.2 Å². The normalized spacial score (nSPS) is 13.1. The second kappa shape index (κ2) is 10.4. The smallest absolute Gasteiger partial charge is 0.453 e. The predicted octanol–water partition coefficient (Wildman–Crippen LogP) is 6.03. The number of aliphatic hydroxyl groups is 1. The van der Waals surface area contributed by atoms with E-state index < -0.39 is 48.0 Å². The zero-order valence-corrected chi connectivity index (χ0v) is 21.7. The zero-order valence-electron chi connectivity index (χ0n) is 20.9. The van der Waals surface area contributed by atoms with Crippen LogP contribution in [-0.4, -0.2) is 38.3 Å². The average molecular weight is 615 g/mol. The molecule has 16 heteroatoms. The van der Waals surface area contributed by atoms with Gasteiger partial charge in [0.15, 0.2) is 17.6 Å². The first-order valence-corrected chi connectivity index (χ1v) is 12.6. The van der Waals surface area contributed by atoms with Crippen LogP contribution in [0, 0.1) is 12.7 Å². The van der Waals surface area contributed by atoms with E-state index in [2.05, 4.69) is 9.72 Å². The van der Waals surface area contributed by atoms with Gasteiger partial charge in [-0.1, -0.05) is 0 Å². The second-order valence-corrected chi connectivity index (χ2v) is 9.98. The van der Waals surface area contributed by atoms with Crippen LogP contribution in [0.1, 0.15) is 5.56 Å². The van der Waals surface area contributed by atoms with E-state index in [9.17, 15) is 45.4 Å². The van der Waals surface area contributed by atoms with Gasteiger partial charge in [-0.2, -0.15) is 13.2 Å². The molecule has 0 amide bonds. The second-order valence-electron chi connectivity index (χ2n) is 8.98. The van der Waals surface area contributed by atoms with Crippen LogP contribution in [0.4, 0.5) is 30.7 Å². The van der Waals surface area contributed by atoms with Crippen LogP contribution in [-0.2, 0) is 6.54 Å². The number of halogens is 7. The number of thiophene rings is 1. The van der Waals surface area contributed by atoms with E-state index in [0.29, 0.717) is 26.8 Å². The number of nitrogens with one attached hydrogen (secondary N) is 1. The summed E-state index contributed by atoms with van der Waals surface area (Å²) in [7, 11) is 0. The highest BCUT2D eigenvalue weighted by Crippen LogP contribution is 2.43. The molecular weight excluding hydrogens is 599 g/mol. The van der Waals surface area contributed by atoms with E-state index in [0.717, 1.165) is 24.4 Å². The number of hydrogen-bond acceptors (Lipinski definition) is 7. The molecule has 0 bridgehead atoms. The highest BCUT2D eigenvalue weighted by atomic mass is 32.1. The Kier molecular flexibility index (Phi) is 7.22. The third kappa shape index (κ3) is 5.80. The fraction of sp³-hybridized carbons (Fsp3) is 0.192. The number of benzene rings is 2. The van der Waals surface area contributed by atoms with Gasteiger partial charge >= 0.3 is 18.2 Å². The SMILES string of the molecule is Cc1c(-c2ccc(Oc3ccc4ncc(F)cc4c3)c(OC(F)(F)F)c2)sc2c1c(=O)[nH]c(=O)n2C[C@@H](O)C(F)(F)F. The van der Waals surface area contributed by atoms with E-state index in [4.69, 9.17) is 4.74 Å². The molecule has 0 aliphatic carbocycles. The molecule has 5 aromatic rings. The molecule has 220 valence electrons. The van der Waals surface area contributed by atoms with Crippen molar-refractivity contribution in [1.29, 1.82) is 0 Å². The van der Waals surface area contributed by atoms with Crippen molar-refractivity contribution in [3.05, 3.63) is 80.9 Å². The quantitative estimate of drug-likeness (QED) is 0.226. The summed E-state index contributed by atoms with van der Waals surface area (Å²) in [5.41, 5.74) is -1.52. The Morgan fingerprint density at radius 1 is 1.05 bits per heavy atom. The number of aromatic amines is 1. The van der Waals surface area contributed by atoms with Gasteiger partial charge < -0.3 is 14.6 Å². The molecule has 42 heavy (non-hydrogen) atoms. The number of aryl methyl sites for hydroxylation is 1. The molecule has 3 aromatic heterocycles. The fourth-order valence-corrected chi connectivity index (χ4v) is 5.51. The molecule has 1 atom stereocenters. The summed E-state index contributed by atoms with van der Waals surface area (Å²) in [6.45, 7) is 0.171. The van der Waals surface area contributed by atoms with Crippen LogP contribution >= 0.6 is 11.3 Å². The lowest BCUT2D eigenvalue weighted by atomic mass is 10.1. The van der Waals surface area contributed by atoms with Crippen molar-refractivity contribution in [3.63, 3.8) is 0 Å². The minimum absolute atomic E-state index is 0.0338. The molecule has 2 aromatic carbocycles. The third-order valence-corrected chi connectivity index (χ3v) is 7.44. The van der Waals surface area contributed by atoms with Gasteiger partial charge in [-0.3, -0.25) is 19.3 Å². The van der Waals surface area contributed by atoms with Gasteiger partial charge in [0.05, 0.1) is 23.6 Å². The summed E-state index contributed by atoms with van der Waals surface area (Å²) in [6.07, 6.45) is -12.2. The van der Waals surface area contributed by atoms with Crippen LogP contribution in [0.3, 0.4) is 0 Å². The number of rotatable bonds is 6. The van der Waals surface area contributed by atoms with E-state index in [1.807, 2.05) is 4.98 Å². The summed E-state index contributed by atoms with van der Waals surface area (Å²) in [6, 6.07) is 8.78. The number of aliphatic hydroxyl groups excluding tert-OH is 1. The maximum atomic E-state index is 13.6. The predicted molar refractivity (Wildman–Crippen MR) is 137 cm³/mol. The topological polar surface area (TPSA) is 106 Å². The minimum atomic E-state index is -5.16. The first-order valence-electron chi connectivity index (χ1n) is 11.7. The first-order chi connectivity index (χ1) is 19.6. The number of pyridine rings is 1. The number of fused-ring (bicyclic) bond motifs is 2. The van der Waals surface area contributed by atoms with Crippen molar-refractivity contribution in [2.45, 2.75) is 32.1 Å². The highest BCUT2D eigenvalue weighted by Gasteiger charge is 2.39. The van der Waals surface area contributed by atoms with Gasteiger partial charge in [0.2, 0.25) is 0 Å². The molecular formula is C26H16F7N3O5S. The lowest BCUT2D eigenvalue weighted by Crippen LogP contribution is -2.38. The van der Waals surface area contributed by atoms with E-state index in [1.165, 1.54) is 31.2 Å². The van der Waals surface area contributed by atoms with Gasteiger partial charge in [-0.05, 0) is 60.5 Å². The van der Waals surface area contributed by atoms with Crippen LogP contribution < -0.4 is 20.7 Å². The molecule has 0 radical (unpaired) electrons. The van der Waals surface area contributed by atoms with E-state index >= 15 is 0 Å². The highest BCUT2D eigenvalue weighted by molar-refractivity contribution is 7.22. The van der Waals surface area contributed by atoms with Crippen molar-refractivity contribution in [2.75, 3.05) is 0 Å². The third-order valence-electron chi connectivity index (χ3n) is 6.08. The molecule has 0 unspecified atom stereocenters. The van der Waals surface area contributed by atoms with Gasteiger partial charge in [0, 0.05) is 10.3 Å². The largest absolute Gasteiger partial charge is 0.573 e. The Bertz CT molecular complexity index is 1950. The van der Waals surface area contributed by atoms with Crippen molar-refractivity contribution >= 4 is 32.5 Å². The molecule has 0 saturated carbocycles. The van der Waals surface area contributed by atoms with Gasteiger partial charge in [-0.15, -0.1) is 24.5 Å². The molecule has 0 spiro atoms. The van der Waals surface area contributed by atoms with Crippen molar-refractivity contribution in [2.24, 2.45) is 0 Å². The molecule has 0 fully saturated rings. The number of hydrogen-bond donors (Lipinski definition) is 2. The number of aromatic nitrogens is 3. The molecule has 0 aliphatic heterocycles. The van der Waals surface area contributed by atoms with Gasteiger partial charge in [-0.25, -0.2) is 9.18 Å². The summed E-state index contributed by atoms with van der Waals surface area (Å²) in [5, 5.41) is 9.66. The summed E-state index contributed by atoms with van der Waals surface area (Å²) in [5.74, 6) is -1.79. The minimum Gasteiger partial charge on any atom is -0.453 e. The van der Waals surface area contributed by atoms with Crippen molar-refractivity contribution in [3.8, 4) is 27.7 Å². The molecule has 5 rings (SSSR count). The zero-order chi connectivity index (χ0) is 30.6. The molecule has 2 N–H and O–H groups in total. The molecule has 3 heterocycles. The number of alkyl halides is 6. The van der Waals surface area contributed by atoms with E-state index in [-0.39, 0.29) is 37.7 Å². The van der Waals surface area contributed by atoms with Gasteiger partial charge in [0.25, 0.3) is 5.56 Å². The first kappa shape index (κ1) is 29.1. The summed E-state index contributed by atoms with van der Waals surface area (Å²) >= 11 is 0.668. The Balaban J connectivity index is 1.60. The number of nitrogens with zero attached hydrogens (tertiary/aromatic N) is 2. The van der Waals surface area contributed by atoms with Gasteiger partial charge in [0.1, 0.15) is 16.4 Å². The molecule has 0 aliphatic rings. The standard InChI is InChI=1S/C26H16F7N3O5S/c1-11-20-22(38)35-24(39)36(10-19(37)25(28,29)30)23(20)42-21(11)12-2-5-17(18(8-12)41-26(31,32)33)40-15-3-4-16-13(7-15)6-14(27)9-34-16/h2-9,19,37H,10H2,1H3,(H,35,38,39)/t19-/m1/s1. The maximum absolute atomic E-state index is 13.6. The summed E-state index contributed by atoms with van der Waals surface area (Å²) < 4.78 is 103. The van der Waals surface area contributed by atoms with Crippen LogP contribution in [0.25, 0.3) is 31.6 Å². The average Bonchev–Trinajstić information content (AvgIpc) is 3.23.